The fraction of sp³-hybridized carbons (Fsp3) is 0.154. The van der Waals surface area contributed by atoms with Crippen LogP contribution in [-0.4, -0.2) is 47.4 Å². The van der Waals surface area contributed by atoms with E-state index >= 15 is 0 Å². The minimum atomic E-state index is -0.504. The van der Waals surface area contributed by atoms with E-state index < -0.39 is 17.7 Å². The molecule has 0 saturated heterocycles. The molecule has 0 saturated carbocycles. The number of benzene rings is 1. The minimum absolute atomic E-state index is 0.0203. The molecule has 0 spiro atoms. The van der Waals surface area contributed by atoms with Gasteiger partial charge in [-0.1, -0.05) is 24.4 Å². The number of carbonyl (C=O) groups is 3. The van der Waals surface area contributed by atoms with Gasteiger partial charge in [-0.05, 0) is 12.1 Å². The molecular weight excluding hydrogens is 292 g/mol. The van der Waals surface area contributed by atoms with Gasteiger partial charge in [-0.2, -0.15) is 5.10 Å². The first kappa shape index (κ1) is 14.8. The van der Waals surface area contributed by atoms with Crippen LogP contribution >= 0.6 is 12.2 Å². The van der Waals surface area contributed by atoms with Crippen molar-refractivity contribution in [1.82, 2.24) is 15.6 Å². The summed E-state index contributed by atoms with van der Waals surface area (Å²) in [5.74, 6) is -1.40. The number of nitrogens with zero attached hydrogens (tertiary/aromatic N) is 2. The molecule has 0 aliphatic carbocycles. The summed E-state index contributed by atoms with van der Waals surface area (Å²) in [5.41, 5.74) is 4.09. The largest absolute Gasteiger partial charge is 0.354 e. The molecule has 7 nitrogen and oxygen atoms in total. The number of imide groups is 1. The number of thiocarbonyl (C=S) groups is 1. The Balaban J connectivity index is 2.27. The Bertz CT molecular complexity index is 622. The zero-order valence-corrected chi connectivity index (χ0v) is 11.9. The molecule has 3 amide bonds. The summed E-state index contributed by atoms with van der Waals surface area (Å²) in [6.07, 6.45) is 0. The summed E-state index contributed by atoms with van der Waals surface area (Å²) in [6.45, 7) is -0.234. The third-order valence-electron chi connectivity index (χ3n) is 2.93. The number of rotatable bonds is 5. The molecule has 0 aromatic heterocycles. The first-order valence-corrected chi connectivity index (χ1v) is 6.50. The van der Waals surface area contributed by atoms with E-state index in [1.807, 2.05) is 0 Å². The van der Waals surface area contributed by atoms with Crippen LogP contribution in [0.3, 0.4) is 0 Å². The van der Waals surface area contributed by atoms with Crippen molar-refractivity contribution >= 4 is 41.1 Å². The van der Waals surface area contributed by atoms with E-state index in [1.54, 1.807) is 24.3 Å². The Morgan fingerprint density at radius 1 is 1.29 bits per heavy atom. The molecule has 1 aliphatic rings. The fourth-order valence-corrected chi connectivity index (χ4v) is 1.99. The standard InChI is InChI=1S/C13H12N4O3S/c1-14-11(18)10(16-15-7-21)6-17-12(19)8-4-2-3-5-9(8)13(17)20/h2-5,7H,6H2,1H3,(H,14,18)(H,15,21)/b16-10-. The van der Waals surface area contributed by atoms with Crippen molar-refractivity contribution in [3.63, 3.8) is 0 Å². The van der Waals surface area contributed by atoms with Crippen LogP contribution < -0.4 is 10.7 Å². The number of fused-ring (bicyclic) bond motifs is 1. The molecule has 108 valence electrons. The molecule has 1 aromatic rings. The maximum absolute atomic E-state index is 12.2. The summed E-state index contributed by atoms with van der Waals surface area (Å²) in [5, 5.41) is 6.15. The van der Waals surface area contributed by atoms with Gasteiger partial charge in [0.1, 0.15) is 5.71 Å². The minimum Gasteiger partial charge on any atom is -0.354 e. The second-order valence-electron chi connectivity index (χ2n) is 4.13. The van der Waals surface area contributed by atoms with Gasteiger partial charge in [-0.15, -0.1) is 0 Å². The highest BCUT2D eigenvalue weighted by atomic mass is 32.1. The molecule has 0 fully saturated rings. The highest BCUT2D eigenvalue weighted by Gasteiger charge is 2.36. The van der Waals surface area contributed by atoms with Gasteiger partial charge in [-0.25, -0.2) is 0 Å². The van der Waals surface area contributed by atoms with Gasteiger partial charge in [0.15, 0.2) is 0 Å². The van der Waals surface area contributed by atoms with E-state index in [0.29, 0.717) is 11.1 Å². The van der Waals surface area contributed by atoms with Crippen molar-refractivity contribution in [2.24, 2.45) is 5.10 Å². The summed E-state index contributed by atoms with van der Waals surface area (Å²) >= 11 is 4.56. The Kier molecular flexibility index (Phi) is 4.39. The van der Waals surface area contributed by atoms with Crippen molar-refractivity contribution in [3.8, 4) is 0 Å². The summed E-state index contributed by atoms with van der Waals surface area (Å²) < 4.78 is 0. The Labute approximate surface area is 126 Å². The van der Waals surface area contributed by atoms with E-state index in [4.69, 9.17) is 0 Å². The van der Waals surface area contributed by atoms with Gasteiger partial charge in [0.05, 0.1) is 23.2 Å². The molecular formula is C13H12N4O3S. The average molecular weight is 304 g/mol. The van der Waals surface area contributed by atoms with Crippen molar-refractivity contribution in [2.45, 2.75) is 0 Å². The lowest BCUT2D eigenvalue weighted by molar-refractivity contribution is -0.114. The van der Waals surface area contributed by atoms with Crippen LogP contribution in [0.5, 0.6) is 0 Å². The third kappa shape index (κ3) is 2.79. The van der Waals surface area contributed by atoms with Crippen LogP contribution in [0.4, 0.5) is 0 Å². The van der Waals surface area contributed by atoms with Crippen molar-refractivity contribution in [1.29, 1.82) is 0 Å². The normalized spacial score (nSPS) is 14.0. The lowest BCUT2D eigenvalue weighted by Crippen LogP contribution is -2.41. The highest BCUT2D eigenvalue weighted by molar-refractivity contribution is 7.78. The molecule has 0 atom stereocenters. The van der Waals surface area contributed by atoms with Gasteiger partial charge in [0, 0.05) is 7.05 Å². The lowest BCUT2D eigenvalue weighted by atomic mass is 10.1. The van der Waals surface area contributed by atoms with E-state index in [0.717, 1.165) is 10.4 Å². The predicted octanol–water partition coefficient (Wildman–Crippen LogP) is -0.0686. The zero-order chi connectivity index (χ0) is 15.4. The van der Waals surface area contributed by atoms with Gasteiger partial charge < -0.3 is 5.32 Å². The molecule has 0 bridgehead atoms. The van der Waals surface area contributed by atoms with Gasteiger partial charge in [0.25, 0.3) is 17.7 Å². The number of hydrazone groups is 1. The van der Waals surface area contributed by atoms with E-state index in [1.165, 1.54) is 7.05 Å². The monoisotopic (exact) mass is 304 g/mol. The number of hydrogen-bond acceptors (Lipinski definition) is 5. The maximum atomic E-state index is 12.2. The fourth-order valence-electron chi connectivity index (χ4n) is 1.94. The van der Waals surface area contributed by atoms with Crippen molar-refractivity contribution < 1.29 is 14.4 Å². The summed E-state index contributed by atoms with van der Waals surface area (Å²) in [4.78, 5) is 37.1. The Morgan fingerprint density at radius 3 is 2.33 bits per heavy atom. The molecule has 1 aliphatic heterocycles. The second kappa shape index (κ2) is 6.23. The van der Waals surface area contributed by atoms with Crippen molar-refractivity contribution in [2.75, 3.05) is 13.6 Å². The quantitative estimate of drug-likeness (QED) is 0.344. The lowest BCUT2D eigenvalue weighted by Gasteiger charge is -2.14. The van der Waals surface area contributed by atoms with Crippen LogP contribution in [0.25, 0.3) is 0 Å². The molecule has 2 N–H and O–H groups in total. The van der Waals surface area contributed by atoms with Crippen LogP contribution in [0.2, 0.25) is 0 Å². The average Bonchev–Trinajstić information content (AvgIpc) is 2.75. The Hall–Kier alpha value is -2.61. The van der Waals surface area contributed by atoms with Crippen LogP contribution in [0, 0.1) is 0 Å². The molecule has 0 unspecified atom stereocenters. The Morgan fingerprint density at radius 2 is 1.86 bits per heavy atom. The number of nitrogens with one attached hydrogen (secondary N) is 2. The summed E-state index contributed by atoms with van der Waals surface area (Å²) in [6, 6.07) is 6.49. The van der Waals surface area contributed by atoms with E-state index in [9.17, 15) is 14.4 Å². The van der Waals surface area contributed by atoms with Crippen molar-refractivity contribution in [3.05, 3.63) is 35.4 Å². The van der Waals surface area contributed by atoms with E-state index in [2.05, 4.69) is 28.1 Å². The molecule has 1 aromatic carbocycles. The number of hydrogen-bond donors (Lipinski definition) is 2. The first-order valence-electron chi connectivity index (χ1n) is 6.03. The SMILES string of the molecule is CNC(=O)/C(CN1C(=O)c2ccccc2C1=O)=N\NC=S. The molecule has 2 rings (SSSR count). The topological polar surface area (TPSA) is 90.9 Å². The molecule has 1 heterocycles. The number of amides is 3. The highest BCUT2D eigenvalue weighted by Crippen LogP contribution is 2.22. The molecule has 0 radical (unpaired) electrons. The van der Waals surface area contributed by atoms with Gasteiger partial charge in [0.2, 0.25) is 0 Å². The van der Waals surface area contributed by atoms with E-state index in [-0.39, 0.29) is 12.3 Å². The first-order chi connectivity index (χ1) is 10.1. The summed E-state index contributed by atoms with van der Waals surface area (Å²) in [7, 11) is 1.43. The predicted molar refractivity (Wildman–Crippen MR) is 80.1 cm³/mol. The van der Waals surface area contributed by atoms with Crippen LogP contribution in [0.15, 0.2) is 29.4 Å². The molecule has 21 heavy (non-hydrogen) atoms. The third-order valence-corrected chi connectivity index (χ3v) is 3.03. The van der Waals surface area contributed by atoms with Gasteiger partial charge in [-0.3, -0.25) is 24.7 Å². The van der Waals surface area contributed by atoms with Gasteiger partial charge >= 0.3 is 0 Å². The number of carbonyl (C=O) groups excluding carboxylic acids is 3. The zero-order valence-electron chi connectivity index (χ0n) is 11.1. The molecule has 8 heteroatoms. The maximum Gasteiger partial charge on any atom is 0.269 e. The van der Waals surface area contributed by atoms with Crippen LogP contribution in [0.1, 0.15) is 20.7 Å². The second-order valence-corrected chi connectivity index (χ2v) is 4.36. The smallest absolute Gasteiger partial charge is 0.269 e. The van der Waals surface area contributed by atoms with Crippen LogP contribution in [-0.2, 0) is 4.79 Å².